The van der Waals surface area contributed by atoms with E-state index in [1.54, 1.807) is 6.07 Å². The summed E-state index contributed by atoms with van der Waals surface area (Å²) in [5.74, 6) is 1.01. The van der Waals surface area contributed by atoms with E-state index in [9.17, 15) is 0 Å². The van der Waals surface area contributed by atoms with Gasteiger partial charge >= 0.3 is 0 Å². The lowest BCUT2D eigenvalue weighted by Crippen LogP contribution is -2.26. The van der Waals surface area contributed by atoms with Crippen molar-refractivity contribution in [2.75, 3.05) is 18.8 Å². The van der Waals surface area contributed by atoms with Crippen molar-refractivity contribution < 1.29 is 4.52 Å². The first-order valence-corrected chi connectivity index (χ1v) is 6.36. The highest BCUT2D eigenvalue weighted by atomic mass is 16.5. The Bertz CT molecular complexity index is 529. The summed E-state index contributed by atoms with van der Waals surface area (Å²) in [7, 11) is 0. The summed E-state index contributed by atoms with van der Waals surface area (Å²) in [6, 6.07) is 10.3. The molecule has 0 saturated carbocycles. The van der Waals surface area contributed by atoms with Gasteiger partial charge in [-0.25, -0.2) is 0 Å². The van der Waals surface area contributed by atoms with Crippen molar-refractivity contribution in [3.63, 3.8) is 0 Å². The second-order valence-electron chi connectivity index (χ2n) is 4.76. The molecular weight excluding hydrogens is 226 g/mol. The minimum absolute atomic E-state index is 0.359. The number of rotatable bonds is 2. The quantitative estimate of drug-likeness (QED) is 0.850. The van der Waals surface area contributed by atoms with Gasteiger partial charge in [0, 0.05) is 11.6 Å². The van der Waals surface area contributed by atoms with Crippen LogP contribution in [0.2, 0.25) is 0 Å². The van der Waals surface area contributed by atoms with Crippen LogP contribution in [0.5, 0.6) is 0 Å². The van der Waals surface area contributed by atoms with E-state index in [2.05, 4.69) is 28.7 Å². The van der Waals surface area contributed by atoms with E-state index in [-0.39, 0.29) is 0 Å². The topological polar surface area (TPSA) is 64.1 Å². The van der Waals surface area contributed by atoms with Gasteiger partial charge in [-0.1, -0.05) is 23.4 Å². The first kappa shape index (κ1) is 11.3. The highest BCUT2D eigenvalue weighted by molar-refractivity contribution is 5.62. The SMILES string of the molecule is Nc1cc(-c2cccc(C3CCNCC3)c2)no1. The molecule has 1 aliphatic heterocycles. The van der Waals surface area contributed by atoms with Crippen LogP contribution in [0.4, 0.5) is 5.88 Å². The zero-order chi connectivity index (χ0) is 12.4. The molecule has 1 saturated heterocycles. The molecule has 2 aromatic rings. The van der Waals surface area contributed by atoms with E-state index in [0.29, 0.717) is 11.8 Å². The molecule has 0 aliphatic carbocycles. The number of aromatic nitrogens is 1. The Morgan fingerprint density at radius 3 is 2.78 bits per heavy atom. The fraction of sp³-hybridized carbons (Fsp3) is 0.357. The Labute approximate surface area is 106 Å². The predicted octanol–water partition coefficient (Wildman–Crippen LogP) is 2.39. The molecule has 0 atom stereocenters. The second kappa shape index (κ2) is 4.82. The fourth-order valence-corrected chi connectivity index (χ4v) is 2.53. The Balaban J connectivity index is 1.88. The number of hydrogen-bond acceptors (Lipinski definition) is 4. The van der Waals surface area contributed by atoms with Gasteiger partial charge < -0.3 is 15.6 Å². The normalized spacial score (nSPS) is 16.9. The van der Waals surface area contributed by atoms with Crippen LogP contribution in [-0.4, -0.2) is 18.2 Å². The lowest BCUT2D eigenvalue weighted by Gasteiger charge is -2.23. The average molecular weight is 243 g/mol. The Kier molecular flexibility index (Phi) is 3.02. The Hall–Kier alpha value is -1.81. The predicted molar refractivity (Wildman–Crippen MR) is 71.2 cm³/mol. The summed E-state index contributed by atoms with van der Waals surface area (Å²) in [5.41, 5.74) is 8.83. The molecule has 4 heteroatoms. The summed E-state index contributed by atoms with van der Waals surface area (Å²) < 4.78 is 4.92. The number of nitrogens with two attached hydrogens (primary N) is 1. The van der Waals surface area contributed by atoms with Crippen LogP contribution in [0.15, 0.2) is 34.9 Å². The maximum atomic E-state index is 5.56. The minimum atomic E-state index is 0.359. The fourth-order valence-electron chi connectivity index (χ4n) is 2.53. The molecule has 1 aromatic carbocycles. The van der Waals surface area contributed by atoms with E-state index in [0.717, 1.165) is 24.3 Å². The lowest BCUT2D eigenvalue weighted by atomic mass is 9.89. The molecule has 2 heterocycles. The molecule has 3 rings (SSSR count). The van der Waals surface area contributed by atoms with Crippen molar-refractivity contribution in [1.29, 1.82) is 0 Å². The molecule has 0 bridgehead atoms. The maximum absolute atomic E-state index is 5.56. The van der Waals surface area contributed by atoms with Gasteiger partial charge in [-0.3, -0.25) is 0 Å². The highest BCUT2D eigenvalue weighted by Gasteiger charge is 2.16. The van der Waals surface area contributed by atoms with Crippen molar-refractivity contribution in [2.24, 2.45) is 0 Å². The molecule has 1 aromatic heterocycles. The van der Waals surface area contributed by atoms with E-state index < -0.39 is 0 Å². The number of nitrogen functional groups attached to an aromatic ring is 1. The zero-order valence-electron chi connectivity index (χ0n) is 10.2. The standard InChI is InChI=1S/C14H17N3O/c15-14-9-13(17-18-14)12-3-1-2-11(8-12)10-4-6-16-7-5-10/h1-3,8-10,16H,4-7,15H2. The largest absolute Gasteiger partial charge is 0.368 e. The maximum Gasteiger partial charge on any atom is 0.222 e. The van der Waals surface area contributed by atoms with E-state index in [1.807, 2.05) is 6.07 Å². The van der Waals surface area contributed by atoms with Crippen molar-refractivity contribution in [2.45, 2.75) is 18.8 Å². The van der Waals surface area contributed by atoms with Gasteiger partial charge in [0.1, 0.15) is 5.69 Å². The van der Waals surface area contributed by atoms with E-state index in [1.165, 1.54) is 18.4 Å². The molecule has 3 N–H and O–H groups in total. The molecule has 0 radical (unpaired) electrons. The molecule has 0 spiro atoms. The van der Waals surface area contributed by atoms with Gasteiger partial charge in [-0.05, 0) is 43.5 Å². The number of benzene rings is 1. The summed E-state index contributed by atoms with van der Waals surface area (Å²) in [4.78, 5) is 0. The molecule has 0 unspecified atom stereocenters. The van der Waals surface area contributed by atoms with Crippen molar-refractivity contribution >= 4 is 5.88 Å². The number of hydrogen-bond donors (Lipinski definition) is 2. The molecular formula is C14H17N3O. The van der Waals surface area contributed by atoms with Gasteiger partial charge in [0.2, 0.25) is 5.88 Å². The Morgan fingerprint density at radius 1 is 1.22 bits per heavy atom. The summed E-state index contributed by atoms with van der Waals surface area (Å²) in [6.45, 7) is 2.21. The third-order valence-corrected chi connectivity index (χ3v) is 3.52. The molecule has 4 nitrogen and oxygen atoms in total. The van der Waals surface area contributed by atoms with Gasteiger partial charge in [-0.2, -0.15) is 0 Å². The third kappa shape index (κ3) is 2.24. The average Bonchev–Trinajstić information content (AvgIpc) is 2.87. The summed E-state index contributed by atoms with van der Waals surface area (Å²) in [6.07, 6.45) is 2.40. The monoisotopic (exact) mass is 243 g/mol. The van der Waals surface area contributed by atoms with Gasteiger partial charge in [0.15, 0.2) is 0 Å². The first-order chi connectivity index (χ1) is 8.83. The number of anilines is 1. The van der Waals surface area contributed by atoms with E-state index >= 15 is 0 Å². The van der Waals surface area contributed by atoms with Gasteiger partial charge in [0.25, 0.3) is 0 Å². The number of nitrogens with zero attached hydrogens (tertiary/aromatic N) is 1. The van der Waals surface area contributed by atoms with Crippen molar-refractivity contribution in [3.8, 4) is 11.3 Å². The zero-order valence-corrected chi connectivity index (χ0v) is 10.2. The van der Waals surface area contributed by atoms with Crippen LogP contribution in [0.3, 0.4) is 0 Å². The second-order valence-corrected chi connectivity index (χ2v) is 4.76. The molecule has 18 heavy (non-hydrogen) atoms. The molecule has 1 fully saturated rings. The van der Waals surface area contributed by atoms with Crippen LogP contribution in [-0.2, 0) is 0 Å². The summed E-state index contributed by atoms with van der Waals surface area (Å²) >= 11 is 0. The van der Waals surface area contributed by atoms with Crippen LogP contribution in [0.1, 0.15) is 24.3 Å². The van der Waals surface area contributed by atoms with Crippen LogP contribution in [0, 0.1) is 0 Å². The highest BCUT2D eigenvalue weighted by Crippen LogP contribution is 2.29. The van der Waals surface area contributed by atoms with E-state index in [4.69, 9.17) is 10.3 Å². The number of nitrogens with one attached hydrogen (secondary N) is 1. The minimum Gasteiger partial charge on any atom is -0.368 e. The first-order valence-electron chi connectivity index (χ1n) is 6.36. The molecule has 0 amide bonds. The van der Waals surface area contributed by atoms with Crippen LogP contribution in [0.25, 0.3) is 11.3 Å². The van der Waals surface area contributed by atoms with Crippen molar-refractivity contribution in [3.05, 3.63) is 35.9 Å². The smallest absolute Gasteiger partial charge is 0.222 e. The van der Waals surface area contributed by atoms with Gasteiger partial charge in [-0.15, -0.1) is 0 Å². The Morgan fingerprint density at radius 2 is 2.06 bits per heavy atom. The molecule has 1 aliphatic rings. The lowest BCUT2D eigenvalue weighted by molar-refractivity contribution is 0.439. The van der Waals surface area contributed by atoms with Crippen LogP contribution >= 0.6 is 0 Å². The van der Waals surface area contributed by atoms with Crippen LogP contribution < -0.4 is 11.1 Å². The van der Waals surface area contributed by atoms with Gasteiger partial charge in [0.05, 0.1) is 0 Å². The van der Waals surface area contributed by atoms with Crippen molar-refractivity contribution in [1.82, 2.24) is 10.5 Å². The summed E-state index contributed by atoms with van der Waals surface area (Å²) in [5, 5.41) is 7.35. The number of piperidine rings is 1. The molecule has 94 valence electrons. The third-order valence-electron chi connectivity index (χ3n) is 3.52.